The maximum absolute atomic E-state index is 12.9. The van der Waals surface area contributed by atoms with Gasteiger partial charge >= 0.3 is 11.9 Å². The molecule has 2 unspecified atom stereocenters. The second-order valence-electron chi connectivity index (χ2n) is 18.4. The first kappa shape index (κ1) is 56.9. The summed E-state index contributed by atoms with van der Waals surface area (Å²) in [4.78, 5) is 30.8. The quantitative estimate of drug-likeness (QED) is 0.0450. The van der Waals surface area contributed by atoms with Gasteiger partial charge in [0.25, 0.3) is 0 Å². The van der Waals surface area contributed by atoms with Crippen molar-refractivity contribution in [2.24, 2.45) is 11.8 Å². The molecule has 0 aliphatic heterocycles. The lowest BCUT2D eigenvalue weighted by molar-refractivity contribution is -0.150. The zero-order valence-corrected chi connectivity index (χ0v) is 40.4. The number of nitrogens with zero attached hydrogens (tertiary/aromatic N) is 2. The Labute approximate surface area is 363 Å². The lowest BCUT2D eigenvalue weighted by Gasteiger charge is -2.24. The lowest BCUT2D eigenvalue weighted by atomic mass is 9.94. The van der Waals surface area contributed by atoms with E-state index in [0.29, 0.717) is 13.2 Å². The van der Waals surface area contributed by atoms with E-state index in [1.54, 1.807) is 0 Å². The number of carbonyl (C=O) groups is 2. The molecule has 0 saturated heterocycles. The van der Waals surface area contributed by atoms with Crippen LogP contribution in [0.1, 0.15) is 259 Å². The van der Waals surface area contributed by atoms with Crippen LogP contribution in [0, 0.1) is 11.8 Å². The summed E-state index contributed by atoms with van der Waals surface area (Å²) in [7, 11) is 4.37. The van der Waals surface area contributed by atoms with Gasteiger partial charge in [-0.1, -0.05) is 207 Å². The molecular formula is C52H104N2O4. The second-order valence-corrected chi connectivity index (χ2v) is 18.4. The summed E-state index contributed by atoms with van der Waals surface area (Å²) in [6.45, 7) is 15.0. The van der Waals surface area contributed by atoms with Crippen LogP contribution in [0.4, 0.5) is 0 Å². The molecule has 0 aromatic heterocycles. The Morgan fingerprint density at radius 1 is 0.345 bits per heavy atom. The van der Waals surface area contributed by atoms with Crippen LogP contribution in [-0.4, -0.2) is 75.2 Å². The van der Waals surface area contributed by atoms with E-state index < -0.39 is 0 Å². The molecule has 0 aliphatic rings. The van der Waals surface area contributed by atoms with Crippen LogP contribution in [0.3, 0.4) is 0 Å². The van der Waals surface area contributed by atoms with Crippen molar-refractivity contribution in [3.05, 3.63) is 0 Å². The molecule has 346 valence electrons. The van der Waals surface area contributed by atoms with E-state index in [1.807, 2.05) is 0 Å². The standard InChI is InChI=1S/C52H104N2O4/c1-7-11-15-25-33-41-49(39-31-17-13-9-3)51(55)57-47-37-29-23-19-21-27-35-43-54(46-45-53(5)6)44-36-28-22-20-24-30-38-48-58-52(56)50(40-32-18-14-10-4)42-34-26-16-12-8-2/h49-50H,7-48H2,1-6H3. The summed E-state index contributed by atoms with van der Waals surface area (Å²) in [5.74, 6) is 0.400. The molecule has 0 aromatic carbocycles. The molecule has 6 nitrogen and oxygen atoms in total. The first-order valence-corrected chi connectivity index (χ1v) is 26.1. The Kier molecular flexibility index (Phi) is 44.5. The van der Waals surface area contributed by atoms with E-state index in [1.165, 1.54) is 199 Å². The molecule has 0 heterocycles. The van der Waals surface area contributed by atoms with Crippen LogP contribution in [0.2, 0.25) is 0 Å². The number of hydrogen-bond donors (Lipinski definition) is 0. The zero-order chi connectivity index (χ0) is 42.6. The number of esters is 2. The third-order valence-corrected chi connectivity index (χ3v) is 12.4. The fraction of sp³-hybridized carbons (Fsp3) is 0.962. The number of carbonyl (C=O) groups excluding carboxylic acids is 2. The van der Waals surface area contributed by atoms with Gasteiger partial charge in [0, 0.05) is 13.1 Å². The molecule has 0 rings (SSSR count). The Bertz CT molecular complexity index is 789. The first-order valence-electron chi connectivity index (χ1n) is 26.1. The minimum absolute atomic E-state index is 0.0805. The average molecular weight is 821 g/mol. The summed E-state index contributed by atoms with van der Waals surface area (Å²) in [5.41, 5.74) is 0. The van der Waals surface area contributed by atoms with Crippen molar-refractivity contribution >= 4 is 11.9 Å². The minimum Gasteiger partial charge on any atom is -0.465 e. The van der Waals surface area contributed by atoms with Crippen molar-refractivity contribution in [3.8, 4) is 0 Å². The lowest BCUT2D eigenvalue weighted by Crippen LogP contribution is -2.33. The highest BCUT2D eigenvalue weighted by atomic mass is 16.5. The number of hydrogen-bond acceptors (Lipinski definition) is 6. The van der Waals surface area contributed by atoms with Gasteiger partial charge in [-0.2, -0.15) is 0 Å². The highest BCUT2D eigenvalue weighted by Crippen LogP contribution is 2.22. The SMILES string of the molecule is CCCCCCCC(CCCCCC)C(=O)OCCCCCCCCCN(CCCCCCCCCOC(=O)C(CCCCCC)CCCCCCC)CCN(C)C. The van der Waals surface area contributed by atoms with Crippen molar-refractivity contribution in [2.75, 3.05) is 53.5 Å². The van der Waals surface area contributed by atoms with Crippen LogP contribution in [-0.2, 0) is 19.1 Å². The molecule has 0 N–H and O–H groups in total. The molecule has 0 amide bonds. The van der Waals surface area contributed by atoms with Crippen LogP contribution in [0.25, 0.3) is 0 Å². The predicted octanol–water partition coefficient (Wildman–Crippen LogP) is 15.3. The van der Waals surface area contributed by atoms with E-state index in [0.717, 1.165) is 57.9 Å². The molecule has 0 radical (unpaired) electrons. The summed E-state index contributed by atoms with van der Waals surface area (Å²) < 4.78 is 11.6. The molecule has 0 bridgehead atoms. The highest BCUT2D eigenvalue weighted by molar-refractivity contribution is 5.72. The van der Waals surface area contributed by atoms with Crippen LogP contribution < -0.4 is 0 Å². The molecule has 0 fully saturated rings. The fourth-order valence-corrected chi connectivity index (χ4v) is 8.28. The fourth-order valence-electron chi connectivity index (χ4n) is 8.28. The Morgan fingerprint density at radius 2 is 0.621 bits per heavy atom. The van der Waals surface area contributed by atoms with Crippen LogP contribution in [0.15, 0.2) is 0 Å². The topological polar surface area (TPSA) is 59.1 Å². The molecule has 2 atom stereocenters. The largest absolute Gasteiger partial charge is 0.465 e. The van der Waals surface area contributed by atoms with Crippen molar-refractivity contribution in [1.29, 1.82) is 0 Å². The molecule has 58 heavy (non-hydrogen) atoms. The van der Waals surface area contributed by atoms with Crippen molar-refractivity contribution in [2.45, 2.75) is 259 Å². The number of likely N-dealkylation sites (N-methyl/N-ethyl adjacent to an activating group) is 1. The van der Waals surface area contributed by atoms with Crippen molar-refractivity contribution < 1.29 is 19.1 Å². The number of unbranched alkanes of at least 4 members (excludes halogenated alkanes) is 26. The van der Waals surface area contributed by atoms with Gasteiger partial charge in [-0.15, -0.1) is 0 Å². The third-order valence-electron chi connectivity index (χ3n) is 12.4. The van der Waals surface area contributed by atoms with E-state index >= 15 is 0 Å². The van der Waals surface area contributed by atoms with Gasteiger partial charge in [-0.05, 0) is 78.6 Å². The third kappa shape index (κ3) is 39.0. The van der Waals surface area contributed by atoms with E-state index in [4.69, 9.17) is 9.47 Å². The first-order chi connectivity index (χ1) is 28.4. The molecular weight excluding hydrogens is 717 g/mol. The predicted molar refractivity (Wildman–Crippen MR) is 253 cm³/mol. The highest BCUT2D eigenvalue weighted by Gasteiger charge is 2.20. The summed E-state index contributed by atoms with van der Waals surface area (Å²) in [6.07, 6.45) is 43.8. The van der Waals surface area contributed by atoms with E-state index in [-0.39, 0.29) is 23.8 Å². The molecule has 6 heteroatoms. The maximum Gasteiger partial charge on any atom is 0.308 e. The smallest absolute Gasteiger partial charge is 0.308 e. The second kappa shape index (κ2) is 45.4. The Balaban J connectivity index is 4.12. The monoisotopic (exact) mass is 821 g/mol. The van der Waals surface area contributed by atoms with Gasteiger partial charge in [0.2, 0.25) is 0 Å². The molecule has 0 saturated carbocycles. The molecule has 0 spiro atoms. The summed E-state index contributed by atoms with van der Waals surface area (Å²) >= 11 is 0. The van der Waals surface area contributed by atoms with Gasteiger partial charge in [-0.3, -0.25) is 9.59 Å². The zero-order valence-electron chi connectivity index (χ0n) is 40.4. The van der Waals surface area contributed by atoms with Crippen LogP contribution >= 0.6 is 0 Å². The number of ether oxygens (including phenoxy) is 2. The van der Waals surface area contributed by atoms with Gasteiger partial charge in [0.05, 0.1) is 25.0 Å². The maximum atomic E-state index is 12.9. The van der Waals surface area contributed by atoms with Crippen molar-refractivity contribution in [3.63, 3.8) is 0 Å². The summed E-state index contributed by atoms with van der Waals surface area (Å²) in [6, 6.07) is 0. The Hall–Kier alpha value is -1.14. The van der Waals surface area contributed by atoms with Gasteiger partial charge in [-0.25, -0.2) is 0 Å². The summed E-state index contributed by atoms with van der Waals surface area (Å²) in [5, 5.41) is 0. The molecule has 0 aliphatic carbocycles. The normalized spacial score (nSPS) is 12.8. The minimum atomic E-state index is 0.0805. The van der Waals surface area contributed by atoms with Gasteiger partial charge in [0.15, 0.2) is 0 Å². The molecule has 0 aromatic rings. The average Bonchev–Trinajstić information content (AvgIpc) is 3.21. The van der Waals surface area contributed by atoms with E-state index in [9.17, 15) is 9.59 Å². The Morgan fingerprint density at radius 3 is 0.948 bits per heavy atom. The van der Waals surface area contributed by atoms with Crippen LogP contribution in [0.5, 0.6) is 0 Å². The van der Waals surface area contributed by atoms with Gasteiger partial charge in [0.1, 0.15) is 0 Å². The van der Waals surface area contributed by atoms with E-state index in [2.05, 4.69) is 51.6 Å². The number of rotatable bonds is 47. The van der Waals surface area contributed by atoms with Crippen molar-refractivity contribution in [1.82, 2.24) is 9.80 Å². The van der Waals surface area contributed by atoms with Gasteiger partial charge < -0.3 is 19.3 Å².